The van der Waals surface area contributed by atoms with Crippen LogP contribution in [0.1, 0.15) is 0 Å². The summed E-state index contributed by atoms with van der Waals surface area (Å²) in [4.78, 5) is 2.33. The standard InChI is InChI=1S/C54H35NO2/c1-3-11-36(12-4-1)41-31-42(37-13-5-2-6-14-37)33-43(32-41)39-21-26-45(27-22-39)55(46-28-30-53-50(35-46)48-16-8-10-18-52(48)56-53)44-24-19-38(20-25-44)40-23-29-49-47-15-7-9-17-51(47)57-54(49)34-40/h1-35H. The predicted octanol–water partition coefficient (Wildman–Crippen LogP) is 15.6. The molecule has 9 aromatic carbocycles. The van der Waals surface area contributed by atoms with E-state index >= 15 is 0 Å². The zero-order chi connectivity index (χ0) is 37.7. The lowest BCUT2D eigenvalue weighted by Gasteiger charge is -2.26. The van der Waals surface area contributed by atoms with Gasteiger partial charge >= 0.3 is 0 Å². The Kier molecular flexibility index (Phi) is 7.82. The molecule has 3 nitrogen and oxygen atoms in total. The molecule has 2 aromatic heterocycles. The number of benzene rings is 9. The highest BCUT2D eigenvalue weighted by molar-refractivity contribution is 6.07. The van der Waals surface area contributed by atoms with Gasteiger partial charge in [0.05, 0.1) is 0 Å². The largest absolute Gasteiger partial charge is 0.456 e. The molecule has 0 N–H and O–H groups in total. The Morgan fingerprint density at radius 2 is 0.632 bits per heavy atom. The first-order valence-corrected chi connectivity index (χ1v) is 19.3. The molecular weight excluding hydrogens is 695 g/mol. The molecule has 11 aromatic rings. The zero-order valence-corrected chi connectivity index (χ0v) is 31.0. The molecule has 2 heterocycles. The fraction of sp³-hybridized carbons (Fsp3) is 0. The van der Waals surface area contributed by atoms with Gasteiger partial charge in [-0.15, -0.1) is 0 Å². The summed E-state index contributed by atoms with van der Waals surface area (Å²) < 4.78 is 12.5. The van der Waals surface area contributed by atoms with Gasteiger partial charge in [-0.2, -0.15) is 0 Å². The van der Waals surface area contributed by atoms with E-state index in [4.69, 9.17) is 8.83 Å². The van der Waals surface area contributed by atoms with Gasteiger partial charge in [0, 0.05) is 38.6 Å². The van der Waals surface area contributed by atoms with Crippen molar-refractivity contribution in [3.63, 3.8) is 0 Å². The molecule has 0 fully saturated rings. The Labute approximate surface area is 330 Å². The number of hydrogen-bond donors (Lipinski definition) is 0. The fourth-order valence-electron chi connectivity index (χ4n) is 8.20. The highest BCUT2D eigenvalue weighted by Crippen LogP contribution is 2.41. The molecule has 0 saturated carbocycles. The van der Waals surface area contributed by atoms with Crippen LogP contribution in [0.4, 0.5) is 17.1 Å². The van der Waals surface area contributed by atoms with E-state index in [0.29, 0.717) is 0 Å². The van der Waals surface area contributed by atoms with Gasteiger partial charge in [-0.1, -0.05) is 127 Å². The Morgan fingerprint density at radius 1 is 0.228 bits per heavy atom. The van der Waals surface area contributed by atoms with Crippen LogP contribution >= 0.6 is 0 Å². The third-order valence-corrected chi connectivity index (χ3v) is 11.1. The second-order valence-electron chi connectivity index (χ2n) is 14.5. The van der Waals surface area contributed by atoms with Crippen LogP contribution in [-0.2, 0) is 0 Å². The van der Waals surface area contributed by atoms with E-state index in [0.717, 1.165) is 77.6 Å². The number of hydrogen-bond acceptors (Lipinski definition) is 3. The number of nitrogens with zero attached hydrogens (tertiary/aromatic N) is 1. The van der Waals surface area contributed by atoms with Crippen LogP contribution < -0.4 is 4.90 Å². The van der Waals surface area contributed by atoms with Crippen molar-refractivity contribution < 1.29 is 8.83 Å². The first-order valence-electron chi connectivity index (χ1n) is 19.3. The van der Waals surface area contributed by atoms with Crippen molar-refractivity contribution in [2.24, 2.45) is 0 Å². The monoisotopic (exact) mass is 729 g/mol. The second-order valence-corrected chi connectivity index (χ2v) is 14.5. The van der Waals surface area contributed by atoms with Crippen molar-refractivity contribution in [2.75, 3.05) is 4.90 Å². The van der Waals surface area contributed by atoms with Gasteiger partial charge in [0.15, 0.2) is 0 Å². The Morgan fingerprint density at radius 3 is 1.21 bits per heavy atom. The van der Waals surface area contributed by atoms with Gasteiger partial charge < -0.3 is 13.7 Å². The van der Waals surface area contributed by atoms with Gasteiger partial charge in [0.25, 0.3) is 0 Å². The van der Waals surface area contributed by atoms with Gasteiger partial charge in [-0.05, 0) is 129 Å². The van der Waals surface area contributed by atoms with Crippen molar-refractivity contribution in [2.45, 2.75) is 0 Å². The Balaban J connectivity index is 1.01. The summed E-state index contributed by atoms with van der Waals surface area (Å²) in [5.74, 6) is 0. The van der Waals surface area contributed by atoms with Crippen molar-refractivity contribution in [1.29, 1.82) is 0 Å². The van der Waals surface area contributed by atoms with Gasteiger partial charge in [-0.3, -0.25) is 0 Å². The van der Waals surface area contributed by atoms with E-state index in [1.807, 2.05) is 24.3 Å². The molecule has 0 bridgehead atoms. The molecule has 0 amide bonds. The number of para-hydroxylation sites is 2. The molecule has 0 aliphatic rings. The molecule has 0 unspecified atom stereocenters. The number of rotatable bonds is 7. The lowest BCUT2D eigenvalue weighted by molar-refractivity contribution is 0.668. The minimum absolute atomic E-state index is 0.874. The molecule has 0 aliphatic heterocycles. The predicted molar refractivity (Wildman–Crippen MR) is 237 cm³/mol. The lowest BCUT2D eigenvalue weighted by Crippen LogP contribution is -2.09. The Bertz CT molecular complexity index is 3150. The highest BCUT2D eigenvalue weighted by Gasteiger charge is 2.17. The van der Waals surface area contributed by atoms with Crippen LogP contribution in [0.3, 0.4) is 0 Å². The van der Waals surface area contributed by atoms with E-state index in [-0.39, 0.29) is 0 Å². The lowest BCUT2D eigenvalue weighted by atomic mass is 9.93. The number of furan rings is 2. The molecule has 0 spiro atoms. The first-order chi connectivity index (χ1) is 28.2. The molecule has 0 aliphatic carbocycles. The molecule has 0 saturated heterocycles. The van der Waals surface area contributed by atoms with Crippen LogP contribution in [0.25, 0.3) is 88.4 Å². The van der Waals surface area contributed by atoms with Crippen LogP contribution in [-0.4, -0.2) is 0 Å². The van der Waals surface area contributed by atoms with E-state index < -0.39 is 0 Å². The molecule has 0 atom stereocenters. The van der Waals surface area contributed by atoms with Crippen molar-refractivity contribution in [3.8, 4) is 44.5 Å². The average molecular weight is 730 g/mol. The van der Waals surface area contributed by atoms with E-state index in [2.05, 4.69) is 193 Å². The smallest absolute Gasteiger partial charge is 0.136 e. The maximum Gasteiger partial charge on any atom is 0.136 e. The van der Waals surface area contributed by atoms with Crippen molar-refractivity contribution >= 4 is 60.9 Å². The first kappa shape index (κ1) is 32.8. The number of anilines is 3. The minimum Gasteiger partial charge on any atom is -0.456 e. The third kappa shape index (κ3) is 5.94. The van der Waals surface area contributed by atoms with Crippen LogP contribution in [0.5, 0.6) is 0 Å². The average Bonchev–Trinajstić information content (AvgIpc) is 3.85. The van der Waals surface area contributed by atoms with Crippen molar-refractivity contribution in [3.05, 3.63) is 212 Å². The molecular formula is C54H35NO2. The number of fused-ring (bicyclic) bond motifs is 6. The second kappa shape index (κ2) is 13.6. The van der Waals surface area contributed by atoms with Crippen LogP contribution in [0.2, 0.25) is 0 Å². The molecule has 11 rings (SSSR count). The quantitative estimate of drug-likeness (QED) is 0.164. The summed E-state index contributed by atoms with van der Waals surface area (Å²) in [6.45, 7) is 0. The summed E-state index contributed by atoms with van der Waals surface area (Å²) in [5, 5.41) is 4.46. The van der Waals surface area contributed by atoms with Gasteiger partial charge in [0.2, 0.25) is 0 Å². The maximum atomic E-state index is 6.23. The summed E-state index contributed by atoms with van der Waals surface area (Å²) >= 11 is 0. The van der Waals surface area contributed by atoms with Gasteiger partial charge in [-0.25, -0.2) is 0 Å². The summed E-state index contributed by atoms with van der Waals surface area (Å²) in [5.41, 5.74) is 16.1. The van der Waals surface area contributed by atoms with E-state index in [9.17, 15) is 0 Å². The Hall–Kier alpha value is -7.62. The minimum atomic E-state index is 0.874. The summed E-state index contributed by atoms with van der Waals surface area (Å²) in [7, 11) is 0. The zero-order valence-electron chi connectivity index (χ0n) is 31.0. The van der Waals surface area contributed by atoms with Crippen LogP contribution in [0.15, 0.2) is 221 Å². The molecule has 3 heteroatoms. The highest BCUT2D eigenvalue weighted by atomic mass is 16.3. The van der Waals surface area contributed by atoms with Crippen LogP contribution in [0, 0.1) is 0 Å². The normalized spacial score (nSPS) is 11.5. The maximum absolute atomic E-state index is 6.23. The van der Waals surface area contributed by atoms with Crippen molar-refractivity contribution in [1.82, 2.24) is 0 Å². The molecule has 57 heavy (non-hydrogen) atoms. The summed E-state index contributed by atoms with van der Waals surface area (Å²) in [6, 6.07) is 75.3. The summed E-state index contributed by atoms with van der Waals surface area (Å²) in [6.07, 6.45) is 0. The molecule has 268 valence electrons. The third-order valence-electron chi connectivity index (χ3n) is 11.1. The SMILES string of the molecule is c1ccc(-c2cc(-c3ccccc3)cc(-c3ccc(N(c4ccc(-c5ccc6c(c5)oc5ccccc56)cc4)c4ccc5oc6ccccc6c5c4)cc3)c2)cc1. The fourth-order valence-corrected chi connectivity index (χ4v) is 8.20. The topological polar surface area (TPSA) is 29.5 Å². The van der Waals surface area contributed by atoms with E-state index in [1.165, 1.54) is 27.8 Å². The van der Waals surface area contributed by atoms with Gasteiger partial charge in [0.1, 0.15) is 22.3 Å². The molecule has 0 radical (unpaired) electrons. The van der Waals surface area contributed by atoms with E-state index in [1.54, 1.807) is 0 Å².